The van der Waals surface area contributed by atoms with Gasteiger partial charge < -0.3 is 4.74 Å². The van der Waals surface area contributed by atoms with Crippen molar-refractivity contribution in [2.45, 2.75) is 44.1 Å². The molecule has 1 aromatic carbocycles. The van der Waals surface area contributed by atoms with E-state index in [1.807, 2.05) is 18.2 Å². The van der Waals surface area contributed by atoms with Gasteiger partial charge in [-0.05, 0) is 32.3 Å². The van der Waals surface area contributed by atoms with Crippen molar-refractivity contribution < 1.29 is 9.53 Å². The molecule has 1 atom stereocenters. The predicted octanol–water partition coefficient (Wildman–Crippen LogP) is 1.89. The molecular weight excluding hydrogens is 240 g/mol. The lowest BCUT2D eigenvalue weighted by atomic mass is 9.67. The number of hydrogen-bond donors (Lipinski definition) is 2. The zero-order chi connectivity index (χ0) is 13.9. The molecule has 4 nitrogen and oxygen atoms in total. The van der Waals surface area contributed by atoms with Crippen molar-refractivity contribution >= 4 is 5.91 Å². The Morgan fingerprint density at radius 1 is 1.37 bits per heavy atom. The summed E-state index contributed by atoms with van der Waals surface area (Å²) in [5.74, 6) is 5.14. The molecular formula is C15H22N2O2. The molecule has 3 N–H and O–H groups in total. The minimum absolute atomic E-state index is 0.124. The maximum Gasteiger partial charge on any atom is 0.234 e. The third kappa shape index (κ3) is 3.14. The van der Waals surface area contributed by atoms with E-state index in [-0.39, 0.29) is 16.9 Å². The van der Waals surface area contributed by atoms with Crippen molar-refractivity contribution in [1.29, 1.82) is 0 Å². The highest BCUT2D eigenvalue weighted by Gasteiger charge is 2.43. The monoisotopic (exact) mass is 262 g/mol. The minimum Gasteiger partial charge on any atom is -0.376 e. The summed E-state index contributed by atoms with van der Waals surface area (Å²) < 4.78 is 5.79. The fraction of sp³-hybridized carbons (Fsp3) is 0.533. The maximum absolute atomic E-state index is 11.8. The summed E-state index contributed by atoms with van der Waals surface area (Å²) >= 11 is 0. The molecule has 0 saturated carbocycles. The van der Waals surface area contributed by atoms with Gasteiger partial charge in [-0.25, -0.2) is 5.84 Å². The van der Waals surface area contributed by atoms with Gasteiger partial charge in [0, 0.05) is 18.4 Å². The number of rotatable bonds is 3. The molecule has 0 aromatic heterocycles. The first-order valence-corrected chi connectivity index (χ1v) is 6.66. The fourth-order valence-electron chi connectivity index (χ4n) is 3.13. The van der Waals surface area contributed by atoms with Gasteiger partial charge in [0.25, 0.3) is 0 Å². The number of amides is 1. The predicted molar refractivity (Wildman–Crippen MR) is 74.3 cm³/mol. The second-order valence-electron chi connectivity index (χ2n) is 5.93. The second-order valence-corrected chi connectivity index (χ2v) is 5.93. The van der Waals surface area contributed by atoms with Gasteiger partial charge in [-0.1, -0.05) is 30.3 Å². The molecule has 1 unspecified atom stereocenters. The molecule has 2 rings (SSSR count). The zero-order valence-corrected chi connectivity index (χ0v) is 11.6. The van der Waals surface area contributed by atoms with Gasteiger partial charge in [-0.2, -0.15) is 0 Å². The Morgan fingerprint density at radius 2 is 2.05 bits per heavy atom. The normalized spacial score (nSPS) is 25.8. The molecule has 0 aliphatic carbocycles. The summed E-state index contributed by atoms with van der Waals surface area (Å²) in [7, 11) is 0. The molecule has 1 heterocycles. The highest BCUT2D eigenvalue weighted by atomic mass is 16.5. The average molecular weight is 262 g/mol. The first-order chi connectivity index (χ1) is 8.97. The first kappa shape index (κ1) is 14.0. The van der Waals surface area contributed by atoms with Crippen LogP contribution in [0.4, 0.5) is 0 Å². The fourth-order valence-corrected chi connectivity index (χ4v) is 3.13. The van der Waals surface area contributed by atoms with Gasteiger partial charge in [0.1, 0.15) is 0 Å². The number of nitrogens with two attached hydrogens (primary N) is 1. The van der Waals surface area contributed by atoms with Crippen LogP contribution in [-0.2, 0) is 14.9 Å². The average Bonchev–Trinajstić information content (AvgIpc) is 2.38. The van der Waals surface area contributed by atoms with Crippen LogP contribution in [0.1, 0.15) is 38.7 Å². The molecule has 1 aliphatic heterocycles. The molecule has 0 radical (unpaired) electrons. The van der Waals surface area contributed by atoms with E-state index in [9.17, 15) is 4.79 Å². The van der Waals surface area contributed by atoms with Crippen LogP contribution in [0, 0.1) is 0 Å². The standard InChI is InChI=1S/C15H22N2O2/c1-14(2)11-15(8-9-19-14,10-13(18)17-16)12-6-4-3-5-7-12/h3-7H,8-11,16H2,1-2H3,(H,17,18). The number of benzene rings is 1. The molecule has 104 valence electrons. The van der Waals surface area contributed by atoms with Gasteiger partial charge in [0.05, 0.1) is 5.60 Å². The van der Waals surface area contributed by atoms with Crippen molar-refractivity contribution in [3.8, 4) is 0 Å². The van der Waals surface area contributed by atoms with E-state index in [0.717, 1.165) is 12.8 Å². The van der Waals surface area contributed by atoms with Gasteiger partial charge in [0.2, 0.25) is 5.91 Å². The summed E-state index contributed by atoms with van der Waals surface area (Å²) in [6, 6.07) is 10.2. The lowest BCUT2D eigenvalue weighted by molar-refractivity contribution is -0.126. The Balaban J connectivity index is 2.35. The van der Waals surface area contributed by atoms with E-state index in [2.05, 4.69) is 31.4 Å². The van der Waals surface area contributed by atoms with Crippen LogP contribution < -0.4 is 11.3 Å². The summed E-state index contributed by atoms with van der Waals surface area (Å²) in [5, 5.41) is 0. The summed E-state index contributed by atoms with van der Waals surface area (Å²) in [6.07, 6.45) is 2.06. The minimum atomic E-state index is -0.219. The summed E-state index contributed by atoms with van der Waals surface area (Å²) in [5.41, 5.74) is 3.04. The third-order valence-electron chi connectivity index (χ3n) is 3.88. The van der Waals surface area contributed by atoms with Crippen LogP contribution in [0.15, 0.2) is 30.3 Å². The van der Waals surface area contributed by atoms with Crippen LogP contribution in [0.2, 0.25) is 0 Å². The third-order valence-corrected chi connectivity index (χ3v) is 3.88. The van der Waals surface area contributed by atoms with Crippen molar-refractivity contribution in [2.75, 3.05) is 6.61 Å². The Bertz CT molecular complexity index is 445. The van der Waals surface area contributed by atoms with E-state index in [1.54, 1.807) is 0 Å². The van der Waals surface area contributed by atoms with Gasteiger partial charge >= 0.3 is 0 Å². The number of carbonyl (C=O) groups excluding carboxylic acids is 1. The van der Waals surface area contributed by atoms with Crippen LogP contribution >= 0.6 is 0 Å². The smallest absolute Gasteiger partial charge is 0.234 e. The van der Waals surface area contributed by atoms with Crippen molar-refractivity contribution in [2.24, 2.45) is 5.84 Å². The van der Waals surface area contributed by atoms with Crippen LogP contribution in [0.3, 0.4) is 0 Å². The lowest BCUT2D eigenvalue weighted by Crippen LogP contribution is -2.47. The van der Waals surface area contributed by atoms with Crippen LogP contribution in [-0.4, -0.2) is 18.1 Å². The van der Waals surface area contributed by atoms with E-state index in [4.69, 9.17) is 10.6 Å². The van der Waals surface area contributed by atoms with E-state index in [0.29, 0.717) is 13.0 Å². The second kappa shape index (κ2) is 5.31. The largest absolute Gasteiger partial charge is 0.376 e. The zero-order valence-electron chi connectivity index (χ0n) is 11.6. The SMILES string of the molecule is CC1(C)CC(CC(=O)NN)(c2ccccc2)CCO1. The van der Waals surface area contributed by atoms with Crippen molar-refractivity contribution in [1.82, 2.24) is 5.43 Å². The maximum atomic E-state index is 11.8. The molecule has 1 fully saturated rings. The topological polar surface area (TPSA) is 64.4 Å². The molecule has 19 heavy (non-hydrogen) atoms. The highest BCUT2D eigenvalue weighted by molar-refractivity contribution is 5.77. The number of hydrogen-bond acceptors (Lipinski definition) is 3. The molecule has 1 saturated heterocycles. The first-order valence-electron chi connectivity index (χ1n) is 6.66. The van der Waals surface area contributed by atoms with Crippen molar-refractivity contribution in [3.05, 3.63) is 35.9 Å². The highest BCUT2D eigenvalue weighted by Crippen LogP contribution is 2.43. The molecule has 1 aliphatic rings. The molecule has 1 aromatic rings. The quantitative estimate of drug-likeness (QED) is 0.497. The summed E-state index contributed by atoms with van der Waals surface area (Å²) in [4.78, 5) is 11.8. The van der Waals surface area contributed by atoms with E-state index >= 15 is 0 Å². The number of hydrazine groups is 1. The van der Waals surface area contributed by atoms with Gasteiger partial charge in [0.15, 0.2) is 0 Å². The Morgan fingerprint density at radius 3 is 2.63 bits per heavy atom. The van der Waals surface area contributed by atoms with Crippen LogP contribution in [0.25, 0.3) is 0 Å². The Labute approximate surface area is 114 Å². The Hall–Kier alpha value is -1.39. The van der Waals surface area contributed by atoms with Crippen molar-refractivity contribution in [3.63, 3.8) is 0 Å². The van der Waals surface area contributed by atoms with Gasteiger partial charge in [-0.3, -0.25) is 10.2 Å². The van der Waals surface area contributed by atoms with E-state index < -0.39 is 0 Å². The molecule has 0 spiro atoms. The lowest BCUT2D eigenvalue weighted by Gasteiger charge is -2.45. The number of carbonyl (C=O) groups is 1. The summed E-state index contributed by atoms with van der Waals surface area (Å²) in [6.45, 7) is 4.81. The molecule has 4 heteroatoms. The Kier molecular flexibility index (Phi) is 3.92. The van der Waals surface area contributed by atoms with Gasteiger partial charge in [-0.15, -0.1) is 0 Å². The molecule has 0 bridgehead atoms. The molecule has 1 amide bonds. The number of nitrogens with one attached hydrogen (secondary N) is 1. The number of ether oxygens (including phenoxy) is 1. The van der Waals surface area contributed by atoms with Crippen LogP contribution in [0.5, 0.6) is 0 Å². The van der Waals surface area contributed by atoms with E-state index in [1.165, 1.54) is 5.56 Å².